The second kappa shape index (κ2) is 8.90. The van der Waals surface area contributed by atoms with Gasteiger partial charge in [0.05, 0.1) is 39.0 Å². The van der Waals surface area contributed by atoms with Crippen molar-refractivity contribution in [2.75, 3.05) is 96.3 Å². The van der Waals surface area contributed by atoms with E-state index in [0.717, 1.165) is 93.7 Å². The number of likely N-dealkylation sites (N-methyl/N-ethyl adjacent to an activating group) is 1. The van der Waals surface area contributed by atoms with E-state index in [-0.39, 0.29) is 6.61 Å². The van der Waals surface area contributed by atoms with Gasteiger partial charge in [-0.3, -0.25) is 4.90 Å². The number of ether oxygens (including phenoxy) is 1. The summed E-state index contributed by atoms with van der Waals surface area (Å²) in [4.78, 5) is 4.89. The van der Waals surface area contributed by atoms with Crippen LogP contribution in [-0.4, -0.2) is 100 Å². The molecule has 1 fully saturated rings. The van der Waals surface area contributed by atoms with Gasteiger partial charge in [-0.1, -0.05) is 0 Å². The summed E-state index contributed by atoms with van der Waals surface area (Å²) in [7, 11) is 2.25. The molecule has 4 N–H and O–H groups in total. The number of fused-ring (bicyclic) bond motifs is 1. The van der Waals surface area contributed by atoms with E-state index >= 15 is 0 Å². The lowest BCUT2D eigenvalue weighted by Crippen LogP contribution is -2.58. The maximum absolute atomic E-state index is 9.18. The van der Waals surface area contributed by atoms with E-state index in [0.29, 0.717) is 0 Å². The number of piperazine rings is 1. The minimum Gasteiger partial charge on any atom is -0.489 e. The van der Waals surface area contributed by atoms with E-state index in [1.54, 1.807) is 0 Å². The molecule has 0 atom stereocenters. The average Bonchev–Trinajstić information content (AvgIpc) is 2.63. The highest BCUT2D eigenvalue weighted by atomic mass is 16.5. The van der Waals surface area contributed by atoms with Crippen molar-refractivity contribution >= 4 is 11.4 Å². The molecule has 2 aliphatic rings. The van der Waals surface area contributed by atoms with Crippen LogP contribution in [0.25, 0.3) is 0 Å². The monoisotopic (exact) mass is 364 g/mol. The number of benzene rings is 1. The molecular formula is C19H34N5O2+. The number of nitrogen functional groups attached to an aromatic ring is 1. The van der Waals surface area contributed by atoms with Gasteiger partial charge in [-0.05, 0) is 12.1 Å². The number of aliphatic hydroxyl groups excluding tert-OH is 1. The largest absolute Gasteiger partial charge is 0.489 e. The molecule has 0 aromatic heterocycles. The van der Waals surface area contributed by atoms with Crippen LogP contribution in [0.3, 0.4) is 0 Å². The second-order valence-corrected chi connectivity index (χ2v) is 7.67. The first-order chi connectivity index (χ1) is 12.6. The van der Waals surface area contributed by atoms with Gasteiger partial charge >= 0.3 is 0 Å². The van der Waals surface area contributed by atoms with Crippen molar-refractivity contribution in [3.63, 3.8) is 0 Å². The Morgan fingerprint density at radius 1 is 1.19 bits per heavy atom. The summed E-state index contributed by atoms with van der Waals surface area (Å²) in [6, 6.07) is 5.90. The predicted octanol–water partition coefficient (Wildman–Crippen LogP) is -0.188. The Morgan fingerprint density at radius 2 is 1.96 bits per heavy atom. The normalized spacial score (nSPS) is 19.8. The zero-order valence-corrected chi connectivity index (χ0v) is 16.0. The van der Waals surface area contributed by atoms with Crippen molar-refractivity contribution in [3.05, 3.63) is 18.2 Å². The minimum atomic E-state index is 0.287. The predicted molar refractivity (Wildman–Crippen MR) is 106 cm³/mol. The van der Waals surface area contributed by atoms with Crippen LogP contribution in [0.5, 0.6) is 5.75 Å². The standard InChI is InChI=1S/C19H34N5O2/c1-24(13-14-25)11-8-22(9-12-24)6-4-21-5-7-23-10-15-26-19-16-17(20)2-3-18(19)23/h2-3,16,21,25H,4-15,20H2,1H3/q+1. The number of nitrogens with one attached hydrogen (secondary N) is 1. The van der Waals surface area contributed by atoms with Crippen molar-refractivity contribution in [2.24, 2.45) is 0 Å². The Hall–Kier alpha value is -1.54. The van der Waals surface area contributed by atoms with Crippen LogP contribution >= 0.6 is 0 Å². The molecule has 0 spiro atoms. The van der Waals surface area contributed by atoms with Gasteiger partial charge in [0.1, 0.15) is 18.9 Å². The molecule has 7 nitrogen and oxygen atoms in total. The van der Waals surface area contributed by atoms with Gasteiger partial charge in [0.2, 0.25) is 0 Å². The van der Waals surface area contributed by atoms with E-state index in [1.807, 2.05) is 12.1 Å². The number of nitrogens with two attached hydrogens (primary N) is 1. The first-order valence-electron chi connectivity index (χ1n) is 9.74. The molecule has 0 radical (unpaired) electrons. The van der Waals surface area contributed by atoms with Gasteiger partial charge in [-0.2, -0.15) is 0 Å². The molecule has 1 aromatic carbocycles. The lowest BCUT2D eigenvalue weighted by Gasteiger charge is -2.41. The molecule has 1 aromatic rings. The molecule has 0 bridgehead atoms. The minimum absolute atomic E-state index is 0.287. The Bertz CT molecular complexity index is 575. The third kappa shape index (κ3) is 5.01. The number of nitrogens with zero attached hydrogens (tertiary/aromatic N) is 3. The van der Waals surface area contributed by atoms with Crippen LogP contribution in [0, 0.1) is 0 Å². The highest BCUT2D eigenvalue weighted by Gasteiger charge is 2.27. The van der Waals surface area contributed by atoms with E-state index in [2.05, 4.69) is 28.2 Å². The fourth-order valence-electron chi connectivity index (χ4n) is 3.78. The second-order valence-electron chi connectivity index (χ2n) is 7.67. The maximum Gasteiger partial charge on any atom is 0.144 e. The highest BCUT2D eigenvalue weighted by molar-refractivity contribution is 5.65. The van der Waals surface area contributed by atoms with Gasteiger partial charge in [-0.15, -0.1) is 0 Å². The average molecular weight is 365 g/mol. The number of anilines is 2. The molecule has 3 rings (SSSR count). The van der Waals surface area contributed by atoms with Crippen molar-refractivity contribution in [2.45, 2.75) is 0 Å². The van der Waals surface area contributed by atoms with Gasteiger partial charge in [0.15, 0.2) is 0 Å². The van der Waals surface area contributed by atoms with Crippen LogP contribution in [0.2, 0.25) is 0 Å². The van der Waals surface area contributed by atoms with Crippen molar-refractivity contribution in [3.8, 4) is 5.75 Å². The zero-order chi connectivity index (χ0) is 18.4. The molecule has 0 unspecified atom stereocenters. The number of aliphatic hydroxyl groups is 1. The Labute approximate surface area is 156 Å². The topological polar surface area (TPSA) is 74.0 Å². The molecule has 0 aliphatic carbocycles. The number of hydrogen-bond donors (Lipinski definition) is 3. The summed E-state index contributed by atoms with van der Waals surface area (Å²) in [5, 5.41) is 12.7. The molecule has 0 saturated carbocycles. The van der Waals surface area contributed by atoms with Gasteiger partial charge in [0, 0.05) is 51.0 Å². The number of quaternary nitrogens is 1. The van der Waals surface area contributed by atoms with Crippen molar-refractivity contribution in [1.82, 2.24) is 10.2 Å². The quantitative estimate of drug-likeness (QED) is 0.337. The van der Waals surface area contributed by atoms with E-state index in [4.69, 9.17) is 10.5 Å². The smallest absolute Gasteiger partial charge is 0.144 e. The summed E-state index contributed by atoms with van der Waals surface area (Å²) in [5.74, 6) is 0.897. The van der Waals surface area contributed by atoms with Crippen LogP contribution in [0.4, 0.5) is 11.4 Å². The first kappa shape index (κ1) is 19.2. The molecular weight excluding hydrogens is 330 g/mol. The number of hydrogen-bond acceptors (Lipinski definition) is 6. The van der Waals surface area contributed by atoms with Crippen LogP contribution in [-0.2, 0) is 0 Å². The summed E-state index contributed by atoms with van der Waals surface area (Å²) < 4.78 is 6.71. The third-order valence-electron chi connectivity index (χ3n) is 5.66. The maximum atomic E-state index is 9.18. The SMILES string of the molecule is C[N+]1(CCO)CCN(CCNCCN2CCOc3cc(N)ccc32)CC1. The number of rotatable bonds is 8. The Balaban J connectivity index is 1.33. The lowest BCUT2D eigenvalue weighted by atomic mass is 10.2. The Kier molecular flexibility index (Phi) is 6.58. The van der Waals surface area contributed by atoms with Gasteiger partial charge < -0.3 is 30.3 Å². The van der Waals surface area contributed by atoms with Gasteiger partial charge in [0.25, 0.3) is 0 Å². The zero-order valence-electron chi connectivity index (χ0n) is 16.0. The van der Waals surface area contributed by atoms with E-state index < -0.39 is 0 Å². The first-order valence-corrected chi connectivity index (χ1v) is 9.74. The third-order valence-corrected chi connectivity index (χ3v) is 5.66. The molecule has 2 heterocycles. The molecule has 0 amide bonds. The summed E-state index contributed by atoms with van der Waals surface area (Å²) in [5.41, 5.74) is 7.73. The fourth-order valence-corrected chi connectivity index (χ4v) is 3.78. The van der Waals surface area contributed by atoms with Crippen LogP contribution in [0.1, 0.15) is 0 Å². The summed E-state index contributed by atoms with van der Waals surface area (Å²) in [6.45, 7) is 11.4. The molecule has 2 aliphatic heterocycles. The lowest BCUT2D eigenvalue weighted by molar-refractivity contribution is -0.913. The van der Waals surface area contributed by atoms with E-state index in [9.17, 15) is 5.11 Å². The Morgan fingerprint density at radius 3 is 2.73 bits per heavy atom. The fraction of sp³-hybridized carbons (Fsp3) is 0.684. The van der Waals surface area contributed by atoms with Gasteiger partial charge in [-0.25, -0.2) is 0 Å². The van der Waals surface area contributed by atoms with Crippen LogP contribution in [0.15, 0.2) is 18.2 Å². The highest BCUT2D eigenvalue weighted by Crippen LogP contribution is 2.32. The molecule has 1 saturated heterocycles. The molecule has 26 heavy (non-hydrogen) atoms. The summed E-state index contributed by atoms with van der Waals surface area (Å²) in [6.07, 6.45) is 0. The van der Waals surface area contributed by atoms with Crippen molar-refractivity contribution < 1.29 is 14.3 Å². The van der Waals surface area contributed by atoms with E-state index in [1.165, 1.54) is 0 Å². The van der Waals surface area contributed by atoms with Crippen LogP contribution < -0.4 is 20.7 Å². The molecule has 7 heteroatoms. The summed E-state index contributed by atoms with van der Waals surface area (Å²) >= 11 is 0. The van der Waals surface area contributed by atoms with Crippen molar-refractivity contribution in [1.29, 1.82) is 0 Å². The molecule has 146 valence electrons.